The Balaban J connectivity index is 2.61. The maximum atomic E-state index is 11.9. The molecule has 80 valence electrons. The lowest BCUT2D eigenvalue weighted by Crippen LogP contribution is -2.32. The Morgan fingerprint density at radius 1 is 1.25 bits per heavy atom. The van der Waals surface area contributed by atoms with Gasteiger partial charge in [0.1, 0.15) is 5.78 Å². The van der Waals surface area contributed by atoms with Gasteiger partial charge < -0.3 is 0 Å². The average molecular weight is 212 g/mol. The summed E-state index contributed by atoms with van der Waals surface area (Å²) in [7, 11) is 0. The summed E-state index contributed by atoms with van der Waals surface area (Å²) in [4.78, 5) is 11.9. The van der Waals surface area contributed by atoms with E-state index in [2.05, 4.69) is 12.1 Å². The molecule has 0 spiro atoms. The molecule has 0 heterocycles. The number of allylic oxidation sites excluding steroid dienone is 4. The highest BCUT2D eigenvalue weighted by Crippen LogP contribution is 2.51. The monoisotopic (exact) mass is 212 g/mol. The van der Waals surface area contributed by atoms with Crippen LogP contribution < -0.4 is 0 Å². The van der Waals surface area contributed by atoms with Crippen molar-refractivity contribution in [3.63, 3.8) is 0 Å². The van der Waals surface area contributed by atoms with Crippen molar-refractivity contribution < 1.29 is 4.79 Å². The molecule has 0 aliphatic heterocycles. The van der Waals surface area contributed by atoms with Crippen molar-refractivity contribution >= 4 is 5.78 Å². The summed E-state index contributed by atoms with van der Waals surface area (Å²) < 4.78 is 0. The van der Waals surface area contributed by atoms with Crippen LogP contribution in [0.3, 0.4) is 0 Å². The zero-order chi connectivity index (χ0) is 11.8. The zero-order valence-corrected chi connectivity index (χ0v) is 9.16. The molecule has 0 saturated carbocycles. The molecule has 1 atom stereocenters. The summed E-state index contributed by atoms with van der Waals surface area (Å²) >= 11 is 0. The van der Waals surface area contributed by atoms with E-state index in [0.717, 1.165) is 0 Å². The van der Waals surface area contributed by atoms with Crippen LogP contribution in [0, 0.1) is 33.5 Å². The van der Waals surface area contributed by atoms with Gasteiger partial charge in [0.25, 0.3) is 0 Å². The molecule has 16 heavy (non-hydrogen) atoms. The molecule has 3 nitrogen and oxygen atoms in total. The predicted molar refractivity (Wildman–Crippen MR) is 57.8 cm³/mol. The summed E-state index contributed by atoms with van der Waals surface area (Å²) in [5.41, 5.74) is -1.08. The number of hydrogen-bond acceptors (Lipinski definition) is 3. The molecular formula is C13H12N2O. The van der Waals surface area contributed by atoms with E-state index in [1.54, 1.807) is 6.08 Å². The van der Waals surface area contributed by atoms with Crippen molar-refractivity contribution in [1.82, 2.24) is 0 Å². The van der Waals surface area contributed by atoms with Crippen molar-refractivity contribution in [2.45, 2.75) is 26.2 Å². The van der Waals surface area contributed by atoms with E-state index in [1.165, 1.54) is 0 Å². The molecule has 2 rings (SSSR count). The van der Waals surface area contributed by atoms with Crippen LogP contribution in [-0.2, 0) is 4.79 Å². The molecule has 1 unspecified atom stereocenters. The van der Waals surface area contributed by atoms with Crippen LogP contribution in [0.5, 0.6) is 0 Å². The number of nitriles is 2. The molecule has 2 aliphatic carbocycles. The first kappa shape index (κ1) is 10.6. The first-order valence-electron chi connectivity index (χ1n) is 5.31. The number of carbonyl (C=O) groups is 1. The van der Waals surface area contributed by atoms with Gasteiger partial charge in [0, 0.05) is 12.8 Å². The van der Waals surface area contributed by atoms with Gasteiger partial charge in [-0.3, -0.25) is 4.79 Å². The van der Waals surface area contributed by atoms with E-state index in [1.807, 2.05) is 19.1 Å². The molecule has 0 amide bonds. The maximum Gasteiger partial charge on any atom is 0.169 e. The molecule has 0 saturated heterocycles. The highest BCUT2D eigenvalue weighted by Gasteiger charge is 2.50. The Morgan fingerprint density at radius 3 is 2.50 bits per heavy atom. The molecule has 0 aromatic heterocycles. The summed E-state index contributed by atoms with van der Waals surface area (Å²) in [6.45, 7) is 1.84. The standard InChI is InChI=1S/C13H12N2O/c1-12-6-2-3-7-13(8-14,9-15)10(12)4-5-11(12)16/h2-4H,5-7H2,1H3. The molecule has 0 aromatic rings. The first-order chi connectivity index (χ1) is 7.59. The Hall–Kier alpha value is -1.87. The zero-order valence-electron chi connectivity index (χ0n) is 9.16. The van der Waals surface area contributed by atoms with Gasteiger partial charge in [-0.25, -0.2) is 0 Å². The number of Topliss-reactive ketones (excluding diaryl/α,β-unsaturated/α-hetero) is 1. The van der Waals surface area contributed by atoms with Gasteiger partial charge in [0.2, 0.25) is 0 Å². The van der Waals surface area contributed by atoms with Crippen molar-refractivity contribution in [2.24, 2.45) is 10.8 Å². The van der Waals surface area contributed by atoms with E-state index >= 15 is 0 Å². The van der Waals surface area contributed by atoms with E-state index in [0.29, 0.717) is 24.8 Å². The minimum absolute atomic E-state index is 0.115. The van der Waals surface area contributed by atoms with Gasteiger partial charge in [-0.15, -0.1) is 0 Å². The first-order valence-corrected chi connectivity index (χ1v) is 5.31. The van der Waals surface area contributed by atoms with Gasteiger partial charge in [0.15, 0.2) is 5.41 Å². The van der Waals surface area contributed by atoms with Crippen molar-refractivity contribution in [1.29, 1.82) is 10.5 Å². The van der Waals surface area contributed by atoms with Crippen molar-refractivity contribution in [3.8, 4) is 12.1 Å². The molecule has 0 N–H and O–H groups in total. The quantitative estimate of drug-likeness (QED) is 0.578. The fraction of sp³-hybridized carbons (Fsp3) is 0.462. The molecule has 2 aliphatic rings. The SMILES string of the molecule is CC12CC=CCC(C#N)(C#N)C1=CCC2=O. The Bertz CT molecular complexity index is 473. The van der Waals surface area contributed by atoms with Crippen LogP contribution in [0.15, 0.2) is 23.8 Å². The van der Waals surface area contributed by atoms with Gasteiger partial charge in [-0.05, 0) is 18.9 Å². The van der Waals surface area contributed by atoms with Gasteiger partial charge in [-0.1, -0.05) is 18.2 Å². The van der Waals surface area contributed by atoms with Crippen LogP contribution in [0.2, 0.25) is 0 Å². The Kier molecular flexibility index (Phi) is 2.21. The second-order valence-corrected chi connectivity index (χ2v) is 4.59. The maximum absolute atomic E-state index is 11.9. The third-order valence-corrected chi connectivity index (χ3v) is 3.66. The number of nitrogens with zero attached hydrogens (tertiary/aromatic N) is 2. The number of ketones is 1. The van der Waals surface area contributed by atoms with E-state index in [9.17, 15) is 15.3 Å². The Labute approximate surface area is 94.7 Å². The molecular weight excluding hydrogens is 200 g/mol. The number of carbonyl (C=O) groups excluding carboxylic acids is 1. The van der Waals surface area contributed by atoms with Crippen LogP contribution in [-0.4, -0.2) is 5.78 Å². The van der Waals surface area contributed by atoms with Crippen molar-refractivity contribution in [3.05, 3.63) is 23.8 Å². The minimum atomic E-state index is -1.14. The fourth-order valence-corrected chi connectivity index (χ4v) is 2.59. The van der Waals surface area contributed by atoms with E-state index in [-0.39, 0.29) is 5.78 Å². The number of rotatable bonds is 0. The largest absolute Gasteiger partial charge is 0.298 e. The van der Waals surface area contributed by atoms with E-state index in [4.69, 9.17) is 0 Å². The smallest absolute Gasteiger partial charge is 0.169 e. The molecule has 3 heteroatoms. The molecule has 0 aromatic carbocycles. The topological polar surface area (TPSA) is 64.7 Å². The van der Waals surface area contributed by atoms with Gasteiger partial charge in [-0.2, -0.15) is 10.5 Å². The van der Waals surface area contributed by atoms with Crippen molar-refractivity contribution in [2.75, 3.05) is 0 Å². The second-order valence-electron chi connectivity index (χ2n) is 4.59. The van der Waals surface area contributed by atoms with Gasteiger partial charge in [0.05, 0.1) is 17.6 Å². The lowest BCUT2D eigenvalue weighted by atomic mass is 9.68. The number of fused-ring (bicyclic) bond motifs is 1. The molecule has 0 bridgehead atoms. The summed E-state index contributed by atoms with van der Waals surface area (Å²) in [5.74, 6) is 0.115. The van der Waals surface area contributed by atoms with Crippen LogP contribution in [0.4, 0.5) is 0 Å². The molecule has 0 radical (unpaired) electrons. The highest BCUT2D eigenvalue weighted by atomic mass is 16.1. The average Bonchev–Trinajstić information content (AvgIpc) is 2.50. The normalized spacial score (nSPS) is 30.9. The summed E-state index contributed by atoms with van der Waals surface area (Å²) in [6.07, 6.45) is 6.86. The molecule has 0 fully saturated rings. The second kappa shape index (κ2) is 3.32. The lowest BCUT2D eigenvalue weighted by molar-refractivity contribution is -0.124. The third-order valence-electron chi connectivity index (χ3n) is 3.66. The van der Waals surface area contributed by atoms with Gasteiger partial charge >= 0.3 is 0 Å². The highest BCUT2D eigenvalue weighted by molar-refractivity contribution is 5.93. The number of hydrogen-bond donors (Lipinski definition) is 0. The summed E-state index contributed by atoms with van der Waals surface area (Å²) in [6, 6.07) is 4.18. The lowest BCUT2D eigenvalue weighted by Gasteiger charge is -2.30. The predicted octanol–water partition coefficient (Wildman–Crippen LogP) is 2.28. The Morgan fingerprint density at radius 2 is 1.88 bits per heavy atom. The van der Waals surface area contributed by atoms with E-state index < -0.39 is 10.8 Å². The third kappa shape index (κ3) is 1.15. The minimum Gasteiger partial charge on any atom is -0.298 e. The van der Waals surface area contributed by atoms with Crippen LogP contribution >= 0.6 is 0 Å². The fourth-order valence-electron chi connectivity index (χ4n) is 2.59. The summed E-state index contributed by atoms with van der Waals surface area (Å²) in [5, 5.41) is 18.5. The van der Waals surface area contributed by atoms with Crippen LogP contribution in [0.1, 0.15) is 26.2 Å². The van der Waals surface area contributed by atoms with Crippen LogP contribution in [0.25, 0.3) is 0 Å².